The van der Waals surface area contributed by atoms with Crippen molar-refractivity contribution in [3.63, 3.8) is 0 Å². The Kier molecular flexibility index (Phi) is 4.92. The average Bonchev–Trinajstić information content (AvgIpc) is 3.23. The van der Waals surface area contributed by atoms with Crippen LogP contribution in [0.5, 0.6) is 0 Å². The van der Waals surface area contributed by atoms with Gasteiger partial charge in [0, 0.05) is 18.9 Å². The highest BCUT2D eigenvalue weighted by Crippen LogP contribution is 2.10. The van der Waals surface area contributed by atoms with Crippen molar-refractivity contribution in [2.24, 2.45) is 0 Å². The summed E-state index contributed by atoms with van der Waals surface area (Å²) in [5, 5.41) is 15.3. The normalized spacial score (nSPS) is 10.9. The number of benzene rings is 2. The molecule has 0 aliphatic rings. The highest BCUT2D eigenvalue weighted by molar-refractivity contribution is 5.78. The minimum absolute atomic E-state index is 0.183. The Bertz CT molecular complexity index is 1170. The monoisotopic (exact) mass is 374 g/mol. The highest BCUT2D eigenvalue weighted by Gasteiger charge is 2.10. The number of nitrogens with one attached hydrogen (secondary N) is 1. The molecule has 0 radical (unpaired) electrons. The number of aromatic nitrogens is 5. The van der Waals surface area contributed by atoms with Gasteiger partial charge in [0.25, 0.3) is 5.56 Å². The van der Waals surface area contributed by atoms with Crippen LogP contribution in [-0.4, -0.2) is 30.7 Å². The fourth-order valence-electron chi connectivity index (χ4n) is 2.97. The lowest BCUT2D eigenvalue weighted by Gasteiger charge is -2.11. The van der Waals surface area contributed by atoms with E-state index in [1.54, 1.807) is 30.5 Å². The van der Waals surface area contributed by atoms with E-state index in [2.05, 4.69) is 20.7 Å². The third kappa shape index (κ3) is 3.80. The Hall–Kier alpha value is -3.81. The molecule has 2 heterocycles. The van der Waals surface area contributed by atoms with E-state index in [4.69, 9.17) is 0 Å². The summed E-state index contributed by atoms with van der Waals surface area (Å²) in [5.41, 5.74) is 2.23. The third-order valence-corrected chi connectivity index (χ3v) is 4.41. The van der Waals surface area contributed by atoms with Gasteiger partial charge in [-0.25, -0.2) is 4.68 Å². The van der Waals surface area contributed by atoms with Crippen LogP contribution >= 0.6 is 0 Å². The fraction of sp³-hybridized carbons (Fsp3) is 0.150. The van der Waals surface area contributed by atoms with Gasteiger partial charge in [-0.3, -0.25) is 14.3 Å². The Morgan fingerprint density at radius 3 is 2.61 bits per heavy atom. The molecule has 2 aromatic carbocycles. The van der Waals surface area contributed by atoms with Gasteiger partial charge in [-0.15, -0.1) is 5.10 Å². The Balaban J connectivity index is 1.44. The molecule has 0 aliphatic carbocycles. The first kappa shape index (κ1) is 17.6. The first-order chi connectivity index (χ1) is 13.7. The smallest absolute Gasteiger partial charge is 0.278 e. The molecule has 0 saturated heterocycles. The number of rotatable bonds is 6. The van der Waals surface area contributed by atoms with Crippen LogP contribution in [0, 0.1) is 0 Å². The van der Waals surface area contributed by atoms with Crippen molar-refractivity contribution >= 4 is 16.8 Å². The molecule has 1 amide bonds. The number of carbonyl (C=O) groups excluding carboxylic acids is 1. The van der Waals surface area contributed by atoms with E-state index in [1.807, 2.05) is 41.2 Å². The van der Waals surface area contributed by atoms with Crippen molar-refractivity contribution in [2.45, 2.75) is 19.6 Å². The summed E-state index contributed by atoms with van der Waals surface area (Å²) >= 11 is 0. The van der Waals surface area contributed by atoms with Gasteiger partial charge in [0.05, 0.1) is 11.9 Å². The second-order valence-electron chi connectivity index (χ2n) is 6.32. The molecule has 28 heavy (non-hydrogen) atoms. The summed E-state index contributed by atoms with van der Waals surface area (Å²) < 4.78 is 2.90. The maximum atomic E-state index is 12.4. The largest absolute Gasteiger partial charge is 0.350 e. The van der Waals surface area contributed by atoms with Gasteiger partial charge in [-0.05, 0) is 29.3 Å². The molecule has 8 heteroatoms. The van der Waals surface area contributed by atoms with Crippen molar-refractivity contribution in [3.05, 3.63) is 88.5 Å². The molecule has 0 saturated carbocycles. The van der Waals surface area contributed by atoms with Crippen LogP contribution in [0.1, 0.15) is 11.1 Å². The van der Waals surface area contributed by atoms with Crippen LogP contribution in [0.2, 0.25) is 0 Å². The number of carbonyl (C=O) groups is 1. The lowest BCUT2D eigenvalue weighted by atomic mass is 10.1. The maximum Gasteiger partial charge on any atom is 0.278 e. The van der Waals surface area contributed by atoms with E-state index in [-0.39, 0.29) is 18.0 Å². The number of hydrogen-bond donors (Lipinski definition) is 1. The number of hydrogen-bond acceptors (Lipinski definition) is 5. The molecular weight excluding hydrogens is 356 g/mol. The van der Waals surface area contributed by atoms with Crippen LogP contribution in [0.25, 0.3) is 10.9 Å². The second-order valence-corrected chi connectivity index (χ2v) is 6.32. The summed E-state index contributed by atoms with van der Waals surface area (Å²) in [6.07, 6.45) is 3.62. The van der Waals surface area contributed by atoms with Crippen LogP contribution in [0.15, 0.2) is 71.8 Å². The number of nitrogens with zero attached hydrogens (tertiary/aromatic N) is 5. The molecule has 4 aromatic rings. The molecule has 2 aromatic heterocycles. The second kappa shape index (κ2) is 7.83. The van der Waals surface area contributed by atoms with Gasteiger partial charge in [0.15, 0.2) is 0 Å². The van der Waals surface area contributed by atoms with E-state index in [1.165, 1.54) is 0 Å². The lowest BCUT2D eigenvalue weighted by molar-refractivity contribution is -0.122. The van der Waals surface area contributed by atoms with Gasteiger partial charge in [-0.2, -0.15) is 5.10 Å². The minimum Gasteiger partial charge on any atom is -0.350 e. The van der Waals surface area contributed by atoms with Gasteiger partial charge < -0.3 is 5.32 Å². The summed E-state index contributed by atoms with van der Waals surface area (Å²) in [6.45, 7) is 0.790. The molecule has 1 N–H and O–H groups in total. The summed E-state index contributed by atoms with van der Waals surface area (Å²) in [6, 6.07) is 16.6. The standard InChI is InChI=1S/C20H18N6O2/c27-19(14-26-20(28)17-8-3-4-9-18(17)23-24-26)21-12-15-6-1-2-7-16(15)13-25-11-5-10-22-25/h1-11H,12-14H2,(H,21,27). The quantitative estimate of drug-likeness (QED) is 0.550. The van der Waals surface area contributed by atoms with Gasteiger partial charge in [-0.1, -0.05) is 41.6 Å². The first-order valence-electron chi connectivity index (χ1n) is 8.84. The van der Waals surface area contributed by atoms with Crippen LogP contribution in [0.3, 0.4) is 0 Å². The predicted octanol–water partition coefficient (Wildman–Crippen LogP) is 1.35. The molecule has 0 bridgehead atoms. The minimum atomic E-state index is -0.333. The fourth-order valence-corrected chi connectivity index (χ4v) is 2.97. The Morgan fingerprint density at radius 2 is 1.79 bits per heavy atom. The lowest BCUT2D eigenvalue weighted by Crippen LogP contribution is -2.34. The number of amides is 1. The molecule has 4 rings (SSSR count). The molecular formula is C20H18N6O2. The molecule has 0 aliphatic heterocycles. The van der Waals surface area contributed by atoms with E-state index in [9.17, 15) is 9.59 Å². The van der Waals surface area contributed by atoms with Crippen LogP contribution < -0.4 is 10.9 Å². The summed E-state index contributed by atoms with van der Waals surface area (Å²) in [7, 11) is 0. The molecule has 0 fully saturated rings. The average molecular weight is 374 g/mol. The zero-order chi connectivity index (χ0) is 19.3. The Labute approximate surface area is 160 Å². The predicted molar refractivity (Wildman–Crippen MR) is 103 cm³/mol. The number of fused-ring (bicyclic) bond motifs is 1. The van der Waals surface area contributed by atoms with Crippen molar-refractivity contribution in [2.75, 3.05) is 0 Å². The molecule has 0 unspecified atom stereocenters. The molecule has 8 nitrogen and oxygen atoms in total. The van der Waals surface area contributed by atoms with E-state index >= 15 is 0 Å². The maximum absolute atomic E-state index is 12.4. The van der Waals surface area contributed by atoms with Crippen molar-refractivity contribution in [1.29, 1.82) is 0 Å². The zero-order valence-electron chi connectivity index (χ0n) is 15.0. The summed E-state index contributed by atoms with van der Waals surface area (Å²) in [5.74, 6) is -0.305. The van der Waals surface area contributed by atoms with Crippen molar-refractivity contribution < 1.29 is 4.79 Å². The van der Waals surface area contributed by atoms with Crippen molar-refractivity contribution in [3.8, 4) is 0 Å². The van der Waals surface area contributed by atoms with E-state index in [0.29, 0.717) is 24.0 Å². The van der Waals surface area contributed by atoms with E-state index in [0.717, 1.165) is 15.8 Å². The van der Waals surface area contributed by atoms with Crippen LogP contribution in [0.4, 0.5) is 0 Å². The van der Waals surface area contributed by atoms with Crippen molar-refractivity contribution in [1.82, 2.24) is 30.1 Å². The zero-order valence-corrected chi connectivity index (χ0v) is 15.0. The van der Waals surface area contributed by atoms with Gasteiger partial charge >= 0.3 is 0 Å². The topological polar surface area (TPSA) is 94.7 Å². The Morgan fingerprint density at radius 1 is 1.00 bits per heavy atom. The summed E-state index contributed by atoms with van der Waals surface area (Å²) in [4.78, 5) is 24.8. The van der Waals surface area contributed by atoms with Gasteiger partial charge in [0.1, 0.15) is 12.1 Å². The SMILES string of the molecule is O=C(Cn1nnc2ccccc2c1=O)NCc1ccccc1Cn1cccn1. The highest BCUT2D eigenvalue weighted by atomic mass is 16.2. The first-order valence-corrected chi connectivity index (χ1v) is 8.84. The van der Waals surface area contributed by atoms with Crippen LogP contribution in [-0.2, 0) is 24.4 Å². The third-order valence-electron chi connectivity index (χ3n) is 4.41. The van der Waals surface area contributed by atoms with E-state index < -0.39 is 0 Å². The molecule has 0 atom stereocenters. The van der Waals surface area contributed by atoms with Gasteiger partial charge in [0.2, 0.25) is 5.91 Å². The molecule has 0 spiro atoms. The molecule has 140 valence electrons.